The lowest BCUT2D eigenvalue weighted by molar-refractivity contribution is 0.277. The van der Waals surface area contributed by atoms with Crippen molar-refractivity contribution in [1.82, 2.24) is 19.9 Å². The fourth-order valence-electron chi connectivity index (χ4n) is 2.61. The number of nitrogens with two attached hydrogens (primary N) is 1. The fraction of sp³-hybridized carbons (Fsp3) is 0.150. The van der Waals surface area contributed by atoms with Gasteiger partial charge in [-0.25, -0.2) is 14.1 Å². The van der Waals surface area contributed by atoms with E-state index in [1.807, 2.05) is 23.6 Å². The first-order valence-electron chi connectivity index (χ1n) is 8.86. The molecular weight excluding hydrogens is 409 g/mol. The van der Waals surface area contributed by atoms with E-state index < -0.39 is 5.82 Å². The molecule has 0 aliphatic heterocycles. The molecule has 29 heavy (non-hydrogen) atoms. The number of thioether (sulfide) groups is 1. The molecule has 148 valence electrons. The third kappa shape index (κ3) is 4.93. The van der Waals surface area contributed by atoms with Gasteiger partial charge in [0.1, 0.15) is 6.61 Å². The number of nitrogen functional groups attached to an aromatic ring is 1. The van der Waals surface area contributed by atoms with Crippen molar-refractivity contribution in [2.45, 2.75) is 23.9 Å². The van der Waals surface area contributed by atoms with Crippen molar-refractivity contribution in [2.24, 2.45) is 0 Å². The standard InChI is InChI=1S/C20H18FN5OS2/c21-16-8-4-5-9-17(16)27-11-18-24-25-20(26(18)22)29-13-15-12-28-19(23-15)10-14-6-2-1-3-7-14/h1-9,12H,10-11,13,22H2. The van der Waals surface area contributed by atoms with Crippen LogP contribution in [-0.2, 0) is 18.8 Å². The van der Waals surface area contributed by atoms with Gasteiger partial charge in [-0.15, -0.1) is 21.5 Å². The van der Waals surface area contributed by atoms with Gasteiger partial charge in [-0.1, -0.05) is 54.2 Å². The topological polar surface area (TPSA) is 78.9 Å². The van der Waals surface area contributed by atoms with Crippen LogP contribution in [0, 0.1) is 5.82 Å². The molecule has 0 saturated carbocycles. The lowest BCUT2D eigenvalue weighted by atomic mass is 10.2. The maximum Gasteiger partial charge on any atom is 0.210 e. The molecule has 0 spiro atoms. The molecule has 0 fully saturated rings. The summed E-state index contributed by atoms with van der Waals surface area (Å²) < 4.78 is 20.4. The van der Waals surface area contributed by atoms with Gasteiger partial charge in [0, 0.05) is 17.6 Å². The Bertz CT molecular complexity index is 1080. The van der Waals surface area contributed by atoms with Gasteiger partial charge in [-0.2, -0.15) is 0 Å². The summed E-state index contributed by atoms with van der Waals surface area (Å²) >= 11 is 3.09. The maximum atomic E-state index is 13.6. The Morgan fingerprint density at radius 3 is 2.69 bits per heavy atom. The van der Waals surface area contributed by atoms with Gasteiger partial charge in [0.25, 0.3) is 0 Å². The van der Waals surface area contributed by atoms with Crippen molar-refractivity contribution in [3.8, 4) is 5.75 Å². The molecule has 2 aromatic heterocycles. The molecule has 0 saturated heterocycles. The Hall–Kier alpha value is -2.91. The highest BCUT2D eigenvalue weighted by molar-refractivity contribution is 7.98. The van der Waals surface area contributed by atoms with Crippen LogP contribution in [0.2, 0.25) is 0 Å². The van der Waals surface area contributed by atoms with Crippen LogP contribution in [0.1, 0.15) is 22.1 Å². The molecule has 0 radical (unpaired) electrons. The van der Waals surface area contributed by atoms with Gasteiger partial charge < -0.3 is 10.6 Å². The molecule has 0 amide bonds. The van der Waals surface area contributed by atoms with Gasteiger partial charge in [0.05, 0.1) is 10.7 Å². The van der Waals surface area contributed by atoms with Gasteiger partial charge in [-0.3, -0.25) is 0 Å². The molecule has 0 bridgehead atoms. The largest absolute Gasteiger partial charge is 0.482 e. The highest BCUT2D eigenvalue weighted by Crippen LogP contribution is 2.23. The molecule has 6 nitrogen and oxygen atoms in total. The molecule has 2 N–H and O–H groups in total. The second-order valence-corrected chi connectivity index (χ2v) is 8.06. The van der Waals surface area contributed by atoms with Crippen LogP contribution in [0.25, 0.3) is 0 Å². The van der Waals surface area contributed by atoms with Gasteiger partial charge in [0.2, 0.25) is 5.16 Å². The minimum atomic E-state index is -0.431. The highest BCUT2D eigenvalue weighted by atomic mass is 32.2. The fourth-order valence-corrected chi connectivity index (χ4v) is 4.31. The van der Waals surface area contributed by atoms with E-state index in [1.54, 1.807) is 29.5 Å². The summed E-state index contributed by atoms with van der Waals surface area (Å²) in [4.78, 5) is 4.68. The molecular formula is C20H18FN5OS2. The molecule has 0 aliphatic carbocycles. The van der Waals surface area contributed by atoms with Crippen LogP contribution < -0.4 is 10.6 Å². The number of aromatic nitrogens is 4. The highest BCUT2D eigenvalue weighted by Gasteiger charge is 2.13. The number of benzene rings is 2. The summed E-state index contributed by atoms with van der Waals surface area (Å²) in [6, 6.07) is 16.4. The smallest absolute Gasteiger partial charge is 0.210 e. The zero-order valence-electron chi connectivity index (χ0n) is 15.4. The van der Waals surface area contributed by atoms with Crippen LogP contribution in [0.5, 0.6) is 5.75 Å². The van der Waals surface area contributed by atoms with E-state index >= 15 is 0 Å². The summed E-state index contributed by atoms with van der Waals surface area (Å²) in [5.74, 6) is 6.83. The van der Waals surface area contributed by atoms with Crippen molar-refractivity contribution >= 4 is 23.1 Å². The summed E-state index contributed by atoms with van der Waals surface area (Å²) in [6.07, 6.45) is 0.820. The third-order valence-corrected chi connectivity index (χ3v) is 5.95. The predicted octanol–water partition coefficient (Wildman–Crippen LogP) is 4.05. The quantitative estimate of drug-likeness (QED) is 0.338. The summed E-state index contributed by atoms with van der Waals surface area (Å²) in [6.45, 7) is 0.0307. The predicted molar refractivity (Wildman–Crippen MR) is 112 cm³/mol. The lowest BCUT2D eigenvalue weighted by Gasteiger charge is -2.06. The van der Waals surface area contributed by atoms with Crippen molar-refractivity contribution in [3.05, 3.63) is 87.9 Å². The Balaban J connectivity index is 1.33. The third-order valence-electron chi connectivity index (χ3n) is 4.08. The Morgan fingerprint density at radius 1 is 1.07 bits per heavy atom. The van der Waals surface area contributed by atoms with Crippen molar-refractivity contribution in [2.75, 3.05) is 5.84 Å². The normalized spacial score (nSPS) is 10.9. The lowest BCUT2D eigenvalue weighted by Crippen LogP contribution is -2.16. The summed E-state index contributed by atoms with van der Waals surface area (Å²) in [5, 5.41) is 11.8. The minimum Gasteiger partial charge on any atom is -0.482 e. The molecule has 4 rings (SSSR count). The maximum absolute atomic E-state index is 13.6. The van der Waals surface area contributed by atoms with Crippen LogP contribution in [0.15, 0.2) is 65.1 Å². The monoisotopic (exact) mass is 427 g/mol. The first-order valence-corrected chi connectivity index (χ1v) is 10.7. The first kappa shape index (κ1) is 19.4. The SMILES string of the molecule is Nn1c(COc2ccccc2F)nnc1SCc1csc(Cc2ccccc2)n1. The van der Waals surface area contributed by atoms with Crippen LogP contribution in [0.3, 0.4) is 0 Å². The van der Waals surface area contributed by atoms with E-state index in [0.29, 0.717) is 16.7 Å². The average Bonchev–Trinajstić information content (AvgIpc) is 3.33. The second-order valence-electron chi connectivity index (χ2n) is 6.17. The second kappa shape index (κ2) is 9.06. The zero-order valence-corrected chi connectivity index (χ0v) is 17.0. The number of nitrogens with zero attached hydrogens (tertiary/aromatic N) is 4. The first-order chi connectivity index (χ1) is 14.2. The van der Waals surface area contributed by atoms with Gasteiger partial charge in [0.15, 0.2) is 17.4 Å². The van der Waals surface area contributed by atoms with E-state index in [-0.39, 0.29) is 12.4 Å². The van der Waals surface area contributed by atoms with Crippen LogP contribution in [0.4, 0.5) is 4.39 Å². The van der Waals surface area contributed by atoms with Crippen LogP contribution >= 0.6 is 23.1 Å². The van der Waals surface area contributed by atoms with E-state index in [2.05, 4.69) is 27.3 Å². The van der Waals surface area contributed by atoms with E-state index in [9.17, 15) is 4.39 Å². The number of ether oxygens (including phenoxy) is 1. The zero-order chi connectivity index (χ0) is 20.1. The number of para-hydroxylation sites is 1. The number of hydrogen-bond acceptors (Lipinski definition) is 7. The molecule has 2 heterocycles. The van der Waals surface area contributed by atoms with E-state index in [0.717, 1.165) is 17.1 Å². The Morgan fingerprint density at radius 2 is 1.86 bits per heavy atom. The molecule has 9 heteroatoms. The van der Waals surface area contributed by atoms with E-state index in [1.165, 1.54) is 28.1 Å². The minimum absolute atomic E-state index is 0.0307. The number of halogens is 1. The van der Waals surface area contributed by atoms with E-state index in [4.69, 9.17) is 10.6 Å². The molecule has 0 atom stereocenters. The number of rotatable bonds is 8. The van der Waals surface area contributed by atoms with Crippen molar-refractivity contribution < 1.29 is 9.13 Å². The average molecular weight is 428 g/mol. The molecule has 4 aromatic rings. The van der Waals surface area contributed by atoms with Crippen molar-refractivity contribution in [3.63, 3.8) is 0 Å². The van der Waals surface area contributed by atoms with Crippen molar-refractivity contribution in [1.29, 1.82) is 0 Å². The number of thiazole rings is 1. The summed E-state index contributed by atoms with van der Waals surface area (Å²) in [7, 11) is 0. The summed E-state index contributed by atoms with van der Waals surface area (Å²) in [5.41, 5.74) is 2.21. The molecule has 0 unspecified atom stereocenters. The molecule has 0 aliphatic rings. The number of hydrogen-bond donors (Lipinski definition) is 1. The van der Waals surface area contributed by atoms with Gasteiger partial charge in [-0.05, 0) is 17.7 Å². The Kier molecular flexibility index (Phi) is 6.06. The van der Waals surface area contributed by atoms with Gasteiger partial charge >= 0.3 is 0 Å². The molecule has 2 aromatic carbocycles. The van der Waals surface area contributed by atoms with Crippen LogP contribution in [-0.4, -0.2) is 19.9 Å². The Labute approximate surface area is 175 Å².